The summed E-state index contributed by atoms with van der Waals surface area (Å²) in [6, 6.07) is 6.22. The number of aliphatic hydroxyl groups is 1. The average molecular weight is 165 g/mol. The van der Waals surface area contributed by atoms with Crippen molar-refractivity contribution in [2.24, 2.45) is 0 Å². The van der Waals surface area contributed by atoms with Crippen LogP contribution in [0.4, 0.5) is 4.39 Å². The Balaban J connectivity index is 2.67. The van der Waals surface area contributed by atoms with E-state index < -0.39 is 0 Å². The molecular weight excluding hydrogens is 157 g/mol. The van der Waals surface area contributed by atoms with Gasteiger partial charge in [-0.1, -0.05) is 0 Å². The first-order valence-corrected chi connectivity index (χ1v) is 3.67. The van der Waals surface area contributed by atoms with E-state index in [1.807, 2.05) is 0 Å². The Morgan fingerprint density at radius 2 is 2.17 bits per heavy atom. The lowest BCUT2D eigenvalue weighted by molar-refractivity contribution is 0.278. The summed E-state index contributed by atoms with van der Waals surface area (Å²) in [5, 5.41) is 9.57. The van der Waals surface area contributed by atoms with Crippen molar-refractivity contribution in [1.82, 2.24) is 4.98 Å². The molecule has 2 aromatic rings. The lowest BCUT2D eigenvalue weighted by Crippen LogP contribution is -1.78. The van der Waals surface area contributed by atoms with Gasteiger partial charge in [0.05, 0.1) is 6.61 Å². The van der Waals surface area contributed by atoms with E-state index in [4.69, 9.17) is 5.11 Å². The molecule has 2 nitrogen and oxygen atoms in total. The lowest BCUT2D eigenvalue weighted by atomic mass is 10.2. The number of hydrogen-bond acceptors (Lipinski definition) is 1. The first-order valence-electron chi connectivity index (χ1n) is 3.67. The van der Waals surface area contributed by atoms with Crippen LogP contribution in [0.3, 0.4) is 0 Å². The average Bonchev–Trinajstić information content (AvgIpc) is 2.46. The number of halogens is 1. The predicted molar refractivity (Wildman–Crippen MR) is 44.2 cm³/mol. The zero-order valence-corrected chi connectivity index (χ0v) is 6.34. The fraction of sp³-hybridized carbons (Fsp3) is 0.111. The van der Waals surface area contributed by atoms with Crippen LogP contribution >= 0.6 is 0 Å². The largest absolute Gasteiger partial charge is 0.390 e. The van der Waals surface area contributed by atoms with Gasteiger partial charge in [0.2, 0.25) is 0 Å². The quantitative estimate of drug-likeness (QED) is 0.664. The van der Waals surface area contributed by atoms with E-state index in [1.54, 1.807) is 12.1 Å². The fourth-order valence-corrected chi connectivity index (χ4v) is 1.25. The molecule has 2 N–H and O–H groups in total. The Bertz CT molecular complexity index is 408. The molecule has 3 heteroatoms. The van der Waals surface area contributed by atoms with Crippen molar-refractivity contribution in [2.75, 3.05) is 0 Å². The van der Waals surface area contributed by atoms with E-state index in [2.05, 4.69) is 4.98 Å². The van der Waals surface area contributed by atoms with Crippen molar-refractivity contribution >= 4 is 10.9 Å². The molecule has 0 unspecified atom stereocenters. The molecule has 0 spiro atoms. The number of fused-ring (bicyclic) bond motifs is 1. The van der Waals surface area contributed by atoms with Gasteiger partial charge in [0.25, 0.3) is 0 Å². The normalized spacial score (nSPS) is 10.8. The third-order valence-electron chi connectivity index (χ3n) is 1.81. The van der Waals surface area contributed by atoms with Crippen LogP contribution in [0.15, 0.2) is 24.3 Å². The minimum Gasteiger partial charge on any atom is -0.390 e. The molecule has 12 heavy (non-hydrogen) atoms. The molecule has 0 fully saturated rings. The monoisotopic (exact) mass is 165 g/mol. The molecule has 2 rings (SSSR count). The summed E-state index contributed by atoms with van der Waals surface area (Å²) >= 11 is 0. The highest BCUT2D eigenvalue weighted by atomic mass is 19.1. The summed E-state index contributed by atoms with van der Waals surface area (Å²) in [6.07, 6.45) is 0. The number of H-pyrrole nitrogens is 1. The minimum absolute atomic E-state index is 0.0453. The van der Waals surface area contributed by atoms with Crippen molar-refractivity contribution in [3.8, 4) is 0 Å². The van der Waals surface area contributed by atoms with Gasteiger partial charge in [-0.2, -0.15) is 0 Å². The highest BCUT2D eigenvalue weighted by Gasteiger charge is 1.99. The summed E-state index contributed by atoms with van der Waals surface area (Å²) in [4.78, 5) is 2.96. The van der Waals surface area contributed by atoms with Gasteiger partial charge in [-0.15, -0.1) is 0 Å². The van der Waals surface area contributed by atoms with Crippen molar-refractivity contribution < 1.29 is 9.50 Å². The van der Waals surface area contributed by atoms with Gasteiger partial charge in [0.15, 0.2) is 0 Å². The molecule has 0 atom stereocenters. The first kappa shape index (κ1) is 7.31. The molecule has 0 saturated heterocycles. The number of aromatic amines is 1. The molecule has 1 heterocycles. The second-order valence-electron chi connectivity index (χ2n) is 2.68. The van der Waals surface area contributed by atoms with Crippen molar-refractivity contribution in [3.05, 3.63) is 35.8 Å². The fourth-order valence-electron chi connectivity index (χ4n) is 1.25. The Morgan fingerprint density at radius 3 is 2.92 bits per heavy atom. The maximum atomic E-state index is 12.7. The van der Waals surface area contributed by atoms with Gasteiger partial charge >= 0.3 is 0 Å². The predicted octanol–water partition coefficient (Wildman–Crippen LogP) is 1.80. The van der Waals surface area contributed by atoms with Crippen molar-refractivity contribution in [2.45, 2.75) is 6.61 Å². The third-order valence-corrected chi connectivity index (χ3v) is 1.81. The topological polar surface area (TPSA) is 36.0 Å². The third kappa shape index (κ3) is 1.08. The summed E-state index contributed by atoms with van der Waals surface area (Å²) < 4.78 is 12.7. The van der Waals surface area contributed by atoms with Crippen LogP contribution in [-0.4, -0.2) is 10.1 Å². The molecule has 0 saturated carbocycles. The number of rotatable bonds is 1. The zero-order chi connectivity index (χ0) is 8.55. The summed E-state index contributed by atoms with van der Waals surface area (Å²) in [5.41, 5.74) is 1.55. The van der Waals surface area contributed by atoms with E-state index in [-0.39, 0.29) is 12.4 Å². The zero-order valence-electron chi connectivity index (χ0n) is 6.34. The molecule has 1 aromatic heterocycles. The Kier molecular flexibility index (Phi) is 1.59. The number of hydrogen-bond donors (Lipinski definition) is 2. The van der Waals surface area contributed by atoms with Crippen molar-refractivity contribution in [3.63, 3.8) is 0 Å². The lowest BCUT2D eigenvalue weighted by Gasteiger charge is -1.87. The van der Waals surface area contributed by atoms with Gasteiger partial charge in [0.1, 0.15) is 5.82 Å². The van der Waals surface area contributed by atoms with Gasteiger partial charge in [-0.3, -0.25) is 0 Å². The SMILES string of the molecule is OCc1cc2cc(F)ccc2[nH]1. The van der Waals surface area contributed by atoms with Crippen LogP contribution in [0.25, 0.3) is 10.9 Å². The summed E-state index contributed by atoms with van der Waals surface area (Å²) in [6.45, 7) is -0.0453. The second kappa shape index (κ2) is 2.60. The number of aliphatic hydroxyl groups excluding tert-OH is 1. The molecule has 0 aliphatic heterocycles. The van der Waals surface area contributed by atoms with Crippen LogP contribution in [-0.2, 0) is 6.61 Å². The van der Waals surface area contributed by atoms with Gasteiger partial charge in [-0.05, 0) is 24.3 Å². The molecule has 0 aliphatic rings. The molecule has 0 amide bonds. The van der Waals surface area contributed by atoms with E-state index in [1.165, 1.54) is 12.1 Å². The van der Waals surface area contributed by atoms with E-state index in [9.17, 15) is 4.39 Å². The van der Waals surface area contributed by atoms with Crippen LogP contribution in [0.2, 0.25) is 0 Å². The summed E-state index contributed by atoms with van der Waals surface area (Å²) in [5.74, 6) is -0.258. The molecule has 0 radical (unpaired) electrons. The van der Waals surface area contributed by atoms with Crippen LogP contribution in [0.1, 0.15) is 5.69 Å². The van der Waals surface area contributed by atoms with E-state index in [0.717, 1.165) is 10.9 Å². The standard InChI is InChI=1S/C9H8FNO/c10-7-1-2-9-6(3-7)4-8(5-12)11-9/h1-4,11-12H,5H2. The highest BCUT2D eigenvalue weighted by molar-refractivity contribution is 5.80. The second-order valence-corrected chi connectivity index (χ2v) is 2.68. The van der Waals surface area contributed by atoms with E-state index >= 15 is 0 Å². The van der Waals surface area contributed by atoms with Crippen LogP contribution in [0.5, 0.6) is 0 Å². The van der Waals surface area contributed by atoms with Gasteiger partial charge < -0.3 is 10.1 Å². The van der Waals surface area contributed by atoms with Crippen molar-refractivity contribution in [1.29, 1.82) is 0 Å². The maximum Gasteiger partial charge on any atom is 0.123 e. The smallest absolute Gasteiger partial charge is 0.123 e. The Labute approximate surface area is 68.6 Å². The maximum absolute atomic E-state index is 12.7. The highest BCUT2D eigenvalue weighted by Crippen LogP contribution is 2.16. The molecule has 0 aliphatic carbocycles. The van der Waals surface area contributed by atoms with E-state index in [0.29, 0.717) is 5.69 Å². The molecule has 1 aromatic carbocycles. The Hall–Kier alpha value is -1.35. The number of aromatic nitrogens is 1. The minimum atomic E-state index is -0.258. The van der Waals surface area contributed by atoms with Gasteiger partial charge in [-0.25, -0.2) is 4.39 Å². The summed E-state index contributed by atoms with van der Waals surface area (Å²) in [7, 11) is 0. The molecule has 0 bridgehead atoms. The van der Waals surface area contributed by atoms with Crippen LogP contribution in [0, 0.1) is 5.82 Å². The van der Waals surface area contributed by atoms with Gasteiger partial charge in [0, 0.05) is 16.6 Å². The first-order chi connectivity index (χ1) is 5.79. The Morgan fingerprint density at radius 1 is 1.33 bits per heavy atom. The molecular formula is C9H8FNO. The number of benzene rings is 1. The van der Waals surface area contributed by atoms with Crippen LogP contribution < -0.4 is 0 Å². The molecule has 62 valence electrons. The number of nitrogens with one attached hydrogen (secondary N) is 1.